The van der Waals surface area contributed by atoms with Crippen LogP contribution in [0.5, 0.6) is 0 Å². The minimum Gasteiger partial charge on any atom is -0.481 e. The molecule has 198 valence electrons. The van der Waals surface area contributed by atoms with Crippen molar-refractivity contribution in [3.05, 3.63) is 69.2 Å². The molecular weight excluding hydrogens is 488 g/mol. The van der Waals surface area contributed by atoms with Gasteiger partial charge >= 0.3 is 5.97 Å². The summed E-state index contributed by atoms with van der Waals surface area (Å²) in [6.45, 7) is 5.26. The van der Waals surface area contributed by atoms with Crippen LogP contribution in [0.2, 0.25) is 5.02 Å². The molecule has 1 aliphatic heterocycles. The second kappa shape index (κ2) is 13.5. The van der Waals surface area contributed by atoms with Gasteiger partial charge in [0.15, 0.2) is 0 Å². The molecule has 1 aliphatic rings. The van der Waals surface area contributed by atoms with Crippen LogP contribution in [0.3, 0.4) is 0 Å². The number of aryl methyl sites for hydroxylation is 1. The van der Waals surface area contributed by atoms with Gasteiger partial charge in [0.1, 0.15) is 11.6 Å². The minimum atomic E-state index is -1.06. The SMILES string of the molecule is CCc1cc(C[C@@H]2CCCN2C[C@@H](O)CO[C@H](CC)c2cc(F)cc(F)c2CCC(=O)O)ccc1Cl. The summed E-state index contributed by atoms with van der Waals surface area (Å²) >= 11 is 6.26. The molecule has 3 rings (SSSR count). The number of ether oxygens (including phenoxy) is 1. The second-order valence-corrected chi connectivity index (χ2v) is 9.91. The van der Waals surface area contributed by atoms with Gasteiger partial charge in [-0.1, -0.05) is 37.6 Å². The Balaban J connectivity index is 1.61. The Kier molecular flexibility index (Phi) is 10.7. The molecule has 3 atom stereocenters. The zero-order valence-corrected chi connectivity index (χ0v) is 21.7. The summed E-state index contributed by atoms with van der Waals surface area (Å²) in [5, 5.41) is 20.5. The third kappa shape index (κ3) is 7.72. The van der Waals surface area contributed by atoms with Gasteiger partial charge in [-0.05, 0) is 79.5 Å². The van der Waals surface area contributed by atoms with Crippen LogP contribution in [-0.4, -0.2) is 52.9 Å². The summed E-state index contributed by atoms with van der Waals surface area (Å²) < 4.78 is 34.4. The lowest BCUT2D eigenvalue weighted by molar-refractivity contribution is -0.136. The molecule has 2 N–H and O–H groups in total. The van der Waals surface area contributed by atoms with Crippen LogP contribution in [0, 0.1) is 11.6 Å². The van der Waals surface area contributed by atoms with Crippen LogP contribution in [0.4, 0.5) is 8.78 Å². The van der Waals surface area contributed by atoms with E-state index in [2.05, 4.69) is 24.0 Å². The van der Waals surface area contributed by atoms with Gasteiger partial charge in [-0.25, -0.2) is 8.78 Å². The average Bonchev–Trinajstić information content (AvgIpc) is 3.25. The highest BCUT2D eigenvalue weighted by Crippen LogP contribution is 2.29. The van der Waals surface area contributed by atoms with E-state index in [0.29, 0.717) is 24.6 Å². The first-order valence-electron chi connectivity index (χ1n) is 12.7. The number of halogens is 3. The van der Waals surface area contributed by atoms with Crippen molar-refractivity contribution < 1.29 is 28.5 Å². The lowest BCUT2D eigenvalue weighted by Gasteiger charge is -2.28. The van der Waals surface area contributed by atoms with Crippen LogP contribution >= 0.6 is 11.6 Å². The monoisotopic (exact) mass is 523 g/mol. The zero-order valence-electron chi connectivity index (χ0n) is 21.0. The van der Waals surface area contributed by atoms with Crippen LogP contribution in [0.15, 0.2) is 30.3 Å². The largest absolute Gasteiger partial charge is 0.481 e. The van der Waals surface area contributed by atoms with E-state index in [1.165, 1.54) is 11.6 Å². The lowest BCUT2D eigenvalue weighted by Crippen LogP contribution is -2.39. The second-order valence-electron chi connectivity index (χ2n) is 9.51. The Morgan fingerprint density at radius 2 is 2.03 bits per heavy atom. The van der Waals surface area contributed by atoms with E-state index in [-0.39, 0.29) is 25.0 Å². The minimum absolute atomic E-state index is 0.0131. The number of hydrogen-bond donors (Lipinski definition) is 2. The van der Waals surface area contributed by atoms with Crippen molar-refractivity contribution >= 4 is 17.6 Å². The molecule has 0 amide bonds. The van der Waals surface area contributed by atoms with Crippen molar-refractivity contribution in [2.75, 3.05) is 19.7 Å². The molecule has 1 fully saturated rings. The lowest BCUT2D eigenvalue weighted by atomic mass is 9.96. The Morgan fingerprint density at radius 1 is 1.25 bits per heavy atom. The van der Waals surface area contributed by atoms with E-state index in [1.54, 1.807) is 0 Å². The van der Waals surface area contributed by atoms with Crippen LogP contribution in [-0.2, 0) is 28.8 Å². The summed E-state index contributed by atoms with van der Waals surface area (Å²) in [5.41, 5.74) is 2.81. The number of β-amino-alcohol motifs (C(OH)–C–C–N with tert-alkyl or cyclic N) is 1. The highest BCUT2D eigenvalue weighted by Gasteiger charge is 2.27. The molecule has 0 unspecified atom stereocenters. The molecule has 5 nitrogen and oxygen atoms in total. The zero-order chi connectivity index (χ0) is 26.2. The summed E-state index contributed by atoms with van der Waals surface area (Å²) in [6.07, 6.45) is 2.55. The van der Waals surface area contributed by atoms with Crippen molar-refractivity contribution in [2.24, 2.45) is 0 Å². The Hall–Kier alpha value is -2.06. The number of carboxylic acid groups (broad SMARTS) is 1. The molecule has 0 spiro atoms. The molecule has 8 heteroatoms. The number of carboxylic acids is 1. The molecule has 1 saturated heterocycles. The van der Waals surface area contributed by atoms with Crippen molar-refractivity contribution in [3.63, 3.8) is 0 Å². The quantitative estimate of drug-likeness (QED) is 0.351. The van der Waals surface area contributed by atoms with E-state index in [0.717, 1.165) is 48.9 Å². The summed E-state index contributed by atoms with van der Waals surface area (Å²) in [5.74, 6) is -2.57. The van der Waals surface area contributed by atoms with Gasteiger partial charge in [-0.15, -0.1) is 0 Å². The molecule has 0 radical (unpaired) electrons. The maximum absolute atomic E-state index is 14.5. The summed E-state index contributed by atoms with van der Waals surface area (Å²) in [4.78, 5) is 13.3. The number of carbonyl (C=O) groups is 1. The van der Waals surface area contributed by atoms with E-state index >= 15 is 0 Å². The van der Waals surface area contributed by atoms with E-state index in [9.17, 15) is 18.7 Å². The standard InChI is InChI=1S/C28H36ClF2NO4/c1-3-19-12-18(7-9-25(19)29)13-21-6-5-11-32(21)16-22(33)17-36-27(4-2)24-14-20(30)15-26(31)23(24)8-10-28(34)35/h7,9,12,14-15,21-22,27,33H,3-6,8,10-11,13,16-17H2,1-2H3,(H,34,35)/t21-,22+,27+/m0/s1. The molecule has 2 aromatic carbocycles. The van der Waals surface area contributed by atoms with Crippen molar-refractivity contribution in [3.8, 4) is 0 Å². The van der Waals surface area contributed by atoms with E-state index in [1.807, 2.05) is 13.0 Å². The van der Waals surface area contributed by atoms with Gasteiger partial charge < -0.3 is 14.9 Å². The Bertz CT molecular complexity index is 1030. The van der Waals surface area contributed by atoms with E-state index in [4.69, 9.17) is 21.4 Å². The van der Waals surface area contributed by atoms with Gasteiger partial charge in [-0.3, -0.25) is 9.69 Å². The average molecular weight is 524 g/mol. The molecule has 1 heterocycles. The smallest absolute Gasteiger partial charge is 0.303 e. The van der Waals surface area contributed by atoms with Gasteiger partial charge in [0, 0.05) is 30.1 Å². The van der Waals surface area contributed by atoms with Gasteiger partial charge in [0.25, 0.3) is 0 Å². The fourth-order valence-corrected chi connectivity index (χ4v) is 5.30. The number of benzene rings is 2. The number of aliphatic hydroxyl groups excluding tert-OH is 1. The summed E-state index contributed by atoms with van der Waals surface area (Å²) in [6, 6.07) is 8.44. The molecule has 0 aliphatic carbocycles. The molecule has 2 aromatic rings. The first-order valence-corrected chi connectivity index (χ1v) is 13.1. The number of aliphatic carboxylic acids is 1. The van der Waals surface area contributed by atoms with Crippen LogP contribution < -0.4 is 0 Å². The van der Waals surface area contributed by atoms with Crippen molar-refractivity contribution in [1.29, 1.82) is 0 Å². The van der Waals surface area contributed by atoms with Gasteiger partial charge in [0.05, 0.1) is 18.8 Å². The first-order chi connectivity index (χ1) is 17.2. The van der Waals surface area contributed by atoms with Gasteiger partial charge in [0.2, 0.25) is 0 Å². The predicted molar refractivity (Wildman–Crippen MR) is 136 cm³/mol. The Labute approximate surface area is 217 Å². The third-order valence-electron chi connectivity index (χ3n) is 6.90. The normalized spacial score (nSPS) is 17.9. The van der Waals surface area contributed by atoms with Crippen molar-refractivity contribution in [2.45, 2.75) is 77.0 Å². The highest BCUT2D eigenvalue weighted by atomic mass is 35.5. The van der Waals surface area contributed by atoms with Crippen molar-refractivity contribution in [1.82, 2.24) is 4.90 Å². The van der Waals surface area contributed by atoms with Gasteiger partial charge in [-0.2, -0.15) is 0 Å². The molecule has 0 bridgehead atoms. The molecule has 0 saturated carbocycles. The highest BCUT2D eigenvalue weighted by molar-refractivity contribution is 6.31. The fraction of sp³-hybridized carbons (Fsp3) is 0.536. The van der Waals surface area contributed by atoms with Crippen LogP contribution in [0.25, 0.3) is 0 Å². The number of likely N-dealkylation sites (tertiary alicyclic amines) is 1. The Morgan fingerprint density at radius 3 is 2.72 bits per heavy atom. The fourth-order valence-electron chi connectivity index (χ4n) is 5.05. The maximum atomic E-state index is 14.5. The van der Waals surface area contributed by atoms with E-state index < -0.39 is 29.8 Å². The molecular formula is C28H36ClF2NO4. The molecule has 36 heavy (non-hydrogen) atoms. The number of aliphatic hydroxyl groups is 1. The third-order valence-corrected chi connectivity index (χ3v) is 7.27. The number of nitrogens with zero attached hydrogens (tertiary/aromatic N) is 1. The maximum Gasteiger partial charge on any atom is 0.303 e. The number of rotatable bonds is 13. The molecule has 0 aromatic heterocycles. The van der Waals surface area contributed by atoms with Crippen LogP contribution in [0.1, 0.15) is 67.9 Å². The summed E-state index contributed by atoms with van der Waals surface area (Å²) in [7, 11) is 0. The predicted octanol–water partition coefficient (Wildman–Crippen LogP) is 5.73. The number of hydrogen-bond acceptors (Lipinski definition) is 4. The topological polar surface area (TPSA) is 70.0 Å². The first kappa shape index (κ1) is 28.5.